The van der Waals surface area contributed by atoms with Crippen LogP contribution in [-0.2, 0) is 11.8 Å². The number of nitrogens with zero attached hydrogens (tertiary/aromatic N) is 3. The quantitative estimate of drug-likeness (QED) is 0.624. The number of aryl methyl sites for hydroxylation is 1. The third kappa shape index (κ3) is 4.51. The van der Waals surface area contributed by atoms with Crippen LogP contribution in [0.25, 0.3) is 11.0 Å². The van der Waals surface area contributed by atoms with Gasteiger partial charge in [-0.15, -0.1) is 0 Å². The summed E-state index contributed by atoms with van der Waals surface area (Å²) in [7, 11) is 1.82. The molecule has 2 heterocycles. The van der Waals surface area contributed by atoms with E-state index in [2.05, 4.69) is 22.4 Å². The highest BCUT2D eigenvalue weighted by molar-refractivity contribution is 6.30. The zero-order chi connectivity index (χ0) is 22.8. The third-order valence-corrected chi connectivity index (χ3v) is 6.61. The van der Waals surface area contributed by atoms with Gasteiger partial charge in [-0.25, -0.2) is 4.98 Å². The topological polar surface area (TPSA) is 67.2 Å². The summed E-state index contributed by atoms with van der Waals surface area (Å²) < 4.78 is 1.77. The van der Waals surface area contributed by atoms with Crippen molar-refractivity contribution in [1.29, 1.82) is 0 Å². The molecule has 2 amide bonds. The summed E-state index contributed by atoms with van der Waals surface area (Å²) in [6, 6.07) is 15.0. The van der Waals surface area contributed by atoms with Gasteiger partial charge in [0, 0.05) is 25.2 Å². The zero-order valence-corrected chi connectivity index (χ0v) is 19.5. The molecule has 1 N–H and O–H groups in total. The maximum atomic E-state index is 13.3. The standard InChI is InChI=1S/C25H29ClN4O2/c1-16(2)22(28-24(31)23-27-20-6-4-5-7-21(20)29(23)3)25(32)30-14-12-18(13-15-30)17-8-10-19(26)11-9-17/h4-11,16,18,22H,12-15H2,1-3H3,(H,28,31)/t22-/m1/s1. The van der Waals surface area contributed by atoms with E-state index in [0.717, 1.165) is 28.9 Å². The Morgan fingerprint density at radius 1 is 1.06 bits per heavy atom. The number of hydrogen-bond acceptors (Lipinski definition) is 3. The van der Waals surface area contributed by atoms with E-state index >= 15 is 0 Å². The molecule has 0 aliphatic carbocycles. The van der Waals surface area contributed by atoms with Crippen molar-refractivity contribution in [3.63, 3.8) is 0 Å². The number of aromatic nitrogens is 2. The summed E-state index contributed by atoms with van der Waals surface area (Å²) in [5.41, 5.74) is 2.91. The van der Waals surface area contributed by atoms with Gasteiger partial charge in [-0.3, -0.25) is 9.59 Å². The highest BCUT2D eigenvalue weighted by Gasteiger charge is 2.32. The van der Waals surface area contributed by atoms with Crippen LogP contribution in [0, 0.1) is 5.92 Å². The molecule has 3 aromatic rings. The van der Waals surface area contributed by atoms with E-state index in [4.69, 9.17) is 11.6 Å². The van der Waals surface area contributed by atoms with E-state index in [-0.39, 0.29) is 17.7 Å². The summed E-state index contributed by atoms with van der Waals surface area (Å²) in [6.45, 7) is 5.27. The molecule has 7 heteroatoms. The van der Waals surface area contributed by atoms with Crippen molar-refractivity contribution < 1.29 is 9.59 Å². The number of likely N-dealkylation sites (tertiary alicyclic amines) is 1. The van der Waals surface area contributed by atoms with Crippen LogP contribution in [-0.4, -0.2) is 45.4 Å². The van der Waals surface area contributed by atoms with Crippen molar-refractivity contribution in [2.24, 2.45) is 13.0 Å². The van der Waals surface area contributed by atoms with Gasteiger partial charge in [0.1, 0.15) is 6.04 Å². The molecule has 1 aromatic heterocycles. The molecular formula is C25H29ClN4O2. The molecule has 0 radical (unpaired) electrons. The number of nitrogens with one attached hydrogen (secondary N) is 1. The highest BCUT2D eigenvalue weighted by atomic mass is 35.5. The molecule has 4 rings (SSSR count). The molecule has 0 spiro atoms. The van der Waals surface area contributed by atoms with Gasteiger partial charge in [0.25, 0.3) is 5.91 Å². The molecule has 1 aliphatic heterocycles. The Balaban J connectivity index is 1.43. The zero-order valence-electron chi connectivity index (χ0n) is 18.7. The van der Waals surface area contributed by atoms with Crippen LogP contribution in [0.1, 0.15) is 48.8 Å². The number of amides is 2. The van der Waals surface area contributed by atoms with E-state index in [1.807, 2.05) is 62.2 Å². The Kier molecular flexibility index (Phi) is 6.51. The Morgan fingerprint density at radius 3 is 2.34 bits per heavy atom. The fraction of sp³-hybridized carbons (Fsp3) is 0.400. The number of para-hydroxylation sites is 2. The van der Waals surface area contributed by atoms with E-state index in [0.29, 0.717) is 24.8 Å². The van der Waals surface area contributed by atoms with E-state index in [9.17, 15) is 9.59 Å². The maximum Gasteiger partial charge on any atom is 0.287 e. The van der Waals surface area contributed by atoms with Crippen molar-refractivity contribution >= 4 is 34.4 Å². The first-order valence-corrected chi connectivity index (χ1v) is 11.5. The summed E-state index contributed by atoms with van der Waals surface area (Å²) >= 11 is 6.00. The van der Waals surface area contributed by atoms with Crippen LogP contribution < -0.4 is 5.32 Å². The Hall–Kier alpha value is -2.86. The number of imidazole rings is 1. The number of halogens is 1. The summed E-state index contributed by atoms with van der Waals surface area (Å²) in [6.07, 6.45) is 1.80. The van der Waals surface area contributed by atoms with Gasteiger partial charge in [0.2, 0.25) is 5.91 Å². The van der Waals surface area contributed by atoms with Crippen molar-refractivity contribution in [2.45, 2.75) is 38.6 Å². The SMILES string of the molecule is CC(C)[C@@H](NC(=O)c1nc2ccccc2n1C)C(=O)N1CCC(c2ccc(Cl)cc2)CC1. The second kappa shape index (κ2) is 9.33. The maximum absolute atomic E-state index is 13.3. The Bertz CT molecular complexity index is 1110. The van der Waals surface area contributed by atoms with Gasteiger partial charge in [-0.2, -0.15) is 0 Å². The minimum absolute atomic E-state index is 0.0262. The van der Waals surface area contributed by atoms with Crippen LogP contribution in [0.2, 0.25) is 5.02 Å². The van der Waals surface area contributed by atoms with Crippen LogP contribution in [0.3, 0.4) is 0 Å². The molecule has 32 heavy (non-hydrogen) atoms. The fourth-order valence-corrected chi connectivity index (χ4v) is 4.56. The van der Waals surface area contributed by atoms with Crippen LogP contribution in [0.5, 0.6) is 0 Å². The average Bonchev–Trinajstić information content (AvgIpc) is 3.14. The van der Waals surface area contributed by atoms with Crippen LogP contribution in [0.15, 0.2) is 48.5 Å². The van der Waals surface area contributed by atoms with Gasteiger partial charge in [0.15, 0.2) is 5.82 Å². The van der Waals surface area contributed by atoms with Gasteiger partial charge in [0.05, 0.1) is 11.0 Å². The lowest BCUT2D eigenvalue weighted by Crippen LogP contribution is -2.53. The normalized spacial score (nSPS) is 15.8. The summed E-state index contributed by atoms with van der Waals surface area (Å²) in [5, 5.41) is 3.69. The Labute approximate surface area is 193 Å². The van der Waals surface area contributed by atoms with Gasteiger partial charge < -0.3 is 14.8 Å². The number of carbonyl (C=O) groups excluding carboxylic acids is 2. The number of benzene rings is 2. The Morgan fingerprint density at radius 2 is 1.72 bits per heavy atom. The molecule has 2 aromatic carbocycles. The number of rotatable bonds is 5. The third-order valence-electron chi connectivity index (χ3n) is 6.36. The number of carbonyl (C=O) groups is 2. The van der Waals surface area contributed by atoms with E-state index in [1.54, 1.807) is 4.57 Å². The van der Waals surface area contributed by atoms with Crippen molar-refractivity contribution in [2.75, 3.05) is 13.1 Å². The van der Waals surface area contributed by atoms with Gasteiger partial charge >= 0.3 is 0 Å². The lowest BCUT2D eigenvalue weighted by atomic mass is 9.89. The second-order valence-electron chi connectivity index (χ2n) is 8.83. The lowest BCUT2D eigenvalue weighted by molar-refractivity contribution is -0.135. The number of fused-ring (bicyclic) bond motifs is 1. The van der Waals surface area contributed by atoms with Gasteiger partial charge in [-0.05, 0) is 54.5 Å². The van der Waals surface area contributed by atoms with Crippen molar-refractivity contribution in [3.8, 4) is 0 Å². The minimum atomic E-state index is -0.589. The molecule has 168 valence electrons. The molecule has 0 saturated carbocycles. The summed E-state index contributed by atoms with van der Waals surface area (Å²) in [5.74, 6) is 0.345. The smallest absolute Gasteiger partial charge is 0.287 e. The molecule has 1 saturated heterocycles. The number of piperidine rings is 1. The average molecular weight is 453 g/mol. The van der Waals surface area contributed by atoms with E-state index in [1.165, 1.54) is 5.56 Å². The van der Waals surface area contributed by atoms with Crippen LogP contribution >= 0.6 is 11.6 Å². The van der Waals surface area contributed by atoms with Crippen molar-refractivity contribution in [1.82, 2.24) is 19.8 Å². The summed E-state index contributed by atoms with van der Waals surface area (Å²) in [4.78, 5) is 32.7. The van der Waals surface area contributed by atoms with E-state index < -0.39 is 6.04 Å². The minimum Gasteiger partial charge on any atom is -0.341 e. The predicted octanol–water partition coefficient (Wildman–Crippen LogP) is 4.39. The van der Waals surface area contributed by atoms with Crippen molar-refractivity contribution in [3.05, 3.63) is 64.9 Å². The first-order valence-electron chi connectivity index (χ1n) is 11.1. The largest absolute Gasteiger partial charge is 0.341 e. The lowest BCUT2D eigenvalue weighted by Gasteiger charge is -2.35. The molecule has 1 atom stereocenters. The monoisotopic (exact) mass is 452 g/mol. The number of hydrogen-bond donors (Lipinski definition) is 1. The molecule has 1 fully saturated rings. The molecule has 1 aliphatic rings. The fourth-order valence-electron chi connectivity index (χ4n) is 4.43. The highest BCUT2D eigenvalue weighted by Crippen LogP contribution is 2.29. The van der Waals surface area contributed by atoms with Crippen LogP contribution in [0.4, 0.5) is 0 Å². The first kappa shape index (κ1) is 22.3. The molecule has 0 unspecified atom stereocenters. The molecular weight excluding hydrogens is 424 g/mol. The first-order chi connectivity index (χ1) is 15.3. The molecule has 6 nitrogen and oxygen atoms in total. The van der Waals surface area contributed by atoms with Gasteiger partial charge in [-0.1, -0.05) is 49.7 Å². The predicted molar refractivity (Wildman–Crippen MR) is 127 cm³/mol. The second-order valence-corrected chi connectivity index (χ2v) is 9.27. The molecule has 0 bridgehead atoms.